The Morgan fingerprint density at radius 2 is 2.05 bits per heavy atom. The second kappa shape index (κ2) is 5.32. The van der Waals surface area contributed by atoms with E-state index in [0.717, 1.165) is 16.2 Å². The Kier molecular flexibility index (Phi) is 3.76. The molecule has 4 N–H and O–H groups in total. The lowest BCUT2D eigenvalue weighted by atomic mass is 10.1. The third-order valence-corrected chi connectivity index (χ3v) is 3.53. The van der Waals surface area contributed by atoms with Crippen LogP contribution in [0.3, 0.4) is 0 Å². The molecule has 0 fully saturated rings. The van der Waals surface area contributed by atoms with Gasteiger partial charge in [0.25, 0.3) is 5.91 Å². The van der Waals surface area contributed by atoms with Crippen LogP contribution in [0.25, 0.3) is 10.4 Å². The van der Waals surface area contributed by atoms with Crippen molar-refractivity contribution in [3.63, 3.8) is 0 Å². The number of benzene rings is 1. The van der Waals surface area contributed by atoms with Gasteiger partial charge in [-0.2, -0.15) is 0 Å². The second-order valence-electron chi connectivity index (χ2n) is 4.45. The van der Waals surface area contributed by atoms with Crippen molar-refractivity contribution in [3.8, 4) is 16.2 Å². The summed E-state index contributed by atoms with van der Waals surface area (Å²) >= 11 is 1.34. The van der Waals surface area contributed by atoms with E-state index < -0.39 is 5.91 Å². The Labute approximate surface area is 116 Å². The Morgan fingerprint density at radius 3 is 2.63 bits per heavy atom. The van der Waals surface area contributed by atoms with Gasteiger partial charge in [0.1, 0.15) is 5.75 Å². The molecule has 100 valence electrons. The molecule has 1 amide bonds. The number of nitrogens with two attached hydrogens (primary N) is 2. The van der Waals surface area contributed by atoms with Crippen molar-refractivity contribution in [2.75, 3.05) is 5.73 Å². The number of amides is 1. The zero-order chi connectivity index (χ0) is 14.0. The predicted molar refractivity (Wildman–Crippen MR) is 78.4 cm³/mol. The van der Waals surface area contributed by atoms with E-state index in [9.17, 15) is 4.79 Å². The van der Waals surface area contributed by atoms with Gasteiger partial charge in [0.2, 0.25) is 0 Å². The molecule has 5 heteroatoms. The van der Waals surface area contributed by atoms with Crippen LogP contribution in [0.15, 0.2) is 30.3 Å². The molecule has 1 heterocycles. The molecular weight excluding hydrogens is 260 g/mol. The summed E-state index contributed by atoms with van der Waals surface area (Å²) in [4.78, 5) is 12.1. The lowest BCUT2D eigenvalue weighted by molar-refractivity contribution is 0.100. The molecule has 0 bridgehead atoms. The van der Waals surface area contributed by atoms with Crippen LogP contribution in [0.4, 0.5) is 5.00 Å². The lowest BCUT2D eigenvalue weighted by Gasteiger charge is -2.10. The molecule has 0 unspecified atom stereocenters. The number of carbonyl (C=O) groups is 1. The highest BCUT2D eigenvalue weighted by atomic mass is 32.1. The van der Waals surface area contributed by atoms with Crippen LogP contribution in [-0.4, -0.2) is 12.0 Å². The molecule has 0 atom stereocenters. The zero-order valence-corrected chi connectivity index (χ0v) is 11.7. The predicted octanol–water partition coefficient (Wildman–Crippen LogP) is 2.88. The number of nitrogen functional groups attached to an aromatic ring is 1. The highest BCUT2D eigenvalue weighted by Gasteiger charge is 2.12. The van der Waals surface area contributed by atoms with Crippen molar-refractivity contribution in [3.05, 3.63) is 35.9 Å². The van der Waals surface area contributed by atoms with Gasteiger partial charge in [-0.05, 0) is 37.6 Å². The second-order valence-corrected chi connectivity index (χ2v) is 5.53. The average molecular weight is 276 g/mol. The van der Waals surface area contributed by atoms with Crippen molar-refractivity contribution < 1.29 is 9.53 Å². The highest BCUT2D eigenvalue weighted by molar-refractivity contribution is 7.19. The molecule has 1 aromatic carbocycles. The smallest absolute Gasteiger partial charge is 0.251 e. The molecule has 2 rings (SSSR count). The van der Waals surface area contributed by atoms with Gasteiger partial charge in [0.15, 0.2) is 0 Å². The van der Waals surface area contributed by atoms with Crippen molar-refractivity contribution in [1.29, 1.82) is 0 Å². The summed E-state index contributed by atoms with van der Waals surface area (Å²) < 4.78 is 5.64. The maximum absolute atomic E-state index is 11.2. The van der Waals surface area contributed by atoms with E-state index in [1.165, 1.54) is 11.3 Å². The van der Waals surface area contributed by atoms with Gasteiger partial charge in [-0.3, -0.25) is 4.79 Å². The van der Waals surface area contributed by atoms with Crippen LogP contribution >= 0.6 is 11.3 Å². The minimum atomic E-state index is -0.505. The Bertz CT molecular complexity index is 605. The third kappa shape index (κ3) is 3.06. The fraction of sp³-hybridized carbons (Fsp3) is 0.214. The minimum absolute atomic E-state index is 0.116. The van der Waals surface area contributed by atoms with Gasteiger partial charge in [-0.15, -0.1) is 11.3 Å². The van der Waals surface area contributed by atoms with Crippen LogP contribution in [0, 0.1) is 0 Å². The monoisotopic (exact) mass is 276 g/mol. The van der Waals surface area contributed by atoms with E-state index in [2.05, 4.69) is 0 Å². The van der Waals surface area contributed by atoms with Crippen LogP contribution in [0.2, 0.25) is 0 Å². The Morgan fingerprint density at radius 1 is 1.32 bits per heavy atom. The quantitative estimate of drug-likeness (QED) is 0.901. The lowest BCUT2D eigenvalue weighted by Crippen LogP contribution is -2.11. The molecular formula is C14H16N2O2S. The van der Waals surface area contributed by atoms with Crippen LogP contribution in [0.1, 0.15) is 24.2 Å². The number of ether oxygens (including phenoxy) is 1. The van der Waals surface area contributed by atoms with E-state index in [-0.39, 0.29) is 6.10 Å². The molecule has 1 aromatic heterocycles. The fourth-order valence-electron chi connectivity index (χ4n) is 1.73. The largest absolute Gasteiger partial charge is 0.491 e. The highest BCUT2D eigenvalue weighted by Crippen LogP contribution is 2.34. The number of carbonyl (C=O) groups excluding carboxylic acids is 1. The molecule has 0 aliphatic rings. The number of thiophene rings is 1. The number of hydrogen-bond acceptors (Lipinski definition) is 4. The van der Waals surface area contributed by atoms with E-state index >= 15 is 0 Å². The molecule has 0 saturated heterocycles. The first-order valence-electron chi connectivity index (χ1n) is 5.93. The zero-order valence-electron chi connectivity index (χ0n) is 10.8. The van der Waals surface area contributed by atoms with Gasteiger partial charge in [0.05, 0.1) is 16.7 Å². The number of anilines is 1. The van der Waals surface area contributed by atoms with Crippen molar-refractivity contribution in [1.82, 2.24) is 0 Å². The standard InChI is InChI=1S/C14H16N2O2S/c1-8(2)18-10-5-3-4-9(6-10)12-7-11(13(15)17)14(16)19-12/h3-8H,16H2,1-2H3,(H2,15,17). The van der Waals surface area contributed by atoms with Crippen LogP contribution < -0.4 is 16.2 Å². The summed E-state index contributed by atoms with van der Waals surface area (Å²) in [5, 5.41) is 0.442. The van der Waals surface area contributed by atoms with E-state index in [1.54, 1.807) is 6.07 Å². The fourth-order valence-corrected chi connectivity index (χ4v) is 2.66. The van der Waals surface area contributed by atoms with Gasteiger partial charge in [0, 0.05) is 4.88 Å². The Hall–Kier alpha value is -2.01. The van der Waals surface area contributed by atoms with Gasteiger partial charge in [-0.25, -0.2) is 0 Å². The first kappa shape index (κ1) is 13.4. The first-order chi connectivity index (χ1) is 8.97. The van der Waals surface area contributed by atoms with Crippen molar-refractivity contribution in [2.45, 2.75) is 20.0 Å². The molecule has 19 heavy (non-hydrogen) atoms. The molecule has 0 spiro atoms. The topological polar surface area (TPSA) is 78.3 Å². The number of rotatable bonds is 4. The number of hydrogen-bond donors (Lipinski definition) is 2. The summed E-state index contributed by atoms with van der Waals surface area (Å²) in [5.74, 6) is 0.287. The van der Waals surface area contributed by atoms with Crippen LogP contribution in [-0.2, 0) is 0 Å². The maximum atomic E-state index is 11.2. The first-order valence-corrected chi connectivity index (χ1v) is 6.75. The third-order valence-electron chi connectivity index (χ3n) is 2.52. The van der Waals surface area contributed by atoms with Crippen molar-refractivity contribution in [2.24, 2.45) is 5.73 Å². The van der Waals surface area contributed by atoms with E-state index in [0.29, 0.717) is 10.6 Å². The minimum Gasteiger partial charge on any atom is -0.491 e. The summed E-state index contributed by atoms with van der Waals surface area (Å²) in [5.41, 5.74) is 12.4. The molecule has 0 aliphatic carbocycles. The van der Waals surface area contributed by atoms with Gasteiger partial charge in [-0.1, -0.05) is 12.1 Å². The number of primary amides is 1. The summed E-state index contributed by atoms with van der Waals surface area (Å²) in [6, 6.07) is 9.40. The van der Waals surface area contributed by atoms with E-state index in [1.807, 2.05) is 38.1 Å². The summed E-state index contributed by atoms with van der Waals surface area (Å²) in [6.45, 7) is 3.95. The summed E-state index contributed by atoms with van der Waals surface area (Å²) in [6.07, 6.45) is 0.116. The van der Waals surface area contributed by atoms with Gasteiger partial charge < -0.3 is 16.2 Å². The average Bonchev–Trinajstić information content (AvgIpc) is 2.71. The molecule has 2 aromatic rings. The molecule has 4 nitrogen and oxygen atoms in total. The maximum Gasteiger partial charge on any atom is 0.251 e. The molecule has 0 aliphatic heterocycles. The van der Waals surface area contributed by atoms with Gasteiger partial charge >= 0.3 is 0 Å². The van der Waals surface area contributed by atoms with Crippen LogP contribution in [0.5, 0.6) is 5.75 Å². The summed E-state index contributed by atoms with van der Waals surface area (Å²) in [7, 11) is 0. The SMILES string of the molecule is CC(C)Oc1cccc(-c2cc(C(N)=O)c(N)s2)c1. The Balaban J connectivity index is 2.36. The van der Waals surface area contributed by atoms with Crippen molar-refractivity contribution >= 4 is 22.2 Å². The van der Waals surface area contributed by atoms with E-state index in [4.69, 9.17) is 16.2 Å². The normalized spacial score (nSPS) is 10.7. The molecule has 0 radical (unpaired) electrons. The molecule has 0 saturated carbocycles.